The molecule has 1 aliphatic heterocycles. The molecule has 10 aromatic rings. The second-order valence-electron chi connectivity index (χ2n) is 17.2. The third kappa shape index (κ3) is 4.75. The lowest BCUT2D eigenvalue weighted by Crippen LogP contribution is -2.28. The Morgan fingerprint density at radius 1 is 0.483 bits per heavy atom. The lowest BCUT2D eigenvalue weighted by atomic mass is 9.81. The number of benzene rings is 8. The minimum absolute atomic E-state index is 0.0751. The van der Waals surface area contributed by atoms with Crippen molar-refractivity contribution in [3.63, 3.8) is 0 Å². The van der Waals surface area contributed by atoms with Gasteiger partial charge in [-0.25, -0.2) is 0 Å². The maximum Gasteiger partial charge on any atom is 0.0629 e. The van der Waals surface area contributed by atoms with Crippen LogP contribution in [0.25, 0.3) is 81.0 Å². The van der Waals surface area contributed by atoms with E-state index in [9.17, 15) is 0 Å². The van der Waals surface area contributed by atoms with Crippen molar-refractivity contribution in [3.8, 4) is 39.1 Å². The van der Waals surface area contributed by atoms with Gasteiger partial charge in [0.15, 0.2) is 0 Å². The number of para-hydroxylation sites is 2. The van der Waals surface area contributed by atoms with Gasteiger partial charge in [0.1, 0.15) is 0 Å². The zero-order valence-corrected chi connectivity index (χ0v) is 34.2. The lowest BCUT2D eigenvalue weighted by molar-refractivity contribution is 0.660. The first kappa shape index (κ1) is 34.0. The summed E-state index contributed by atoms with van der Waals surface area (Å²) >= 11 is 1.91. The fourth-order valence-electron chi connectivity index (χ4n) is 10.9. The molecule has 284 valence electrons. The van der Waals surface area contributed by atoms with E-state index in [2.05, 4.69) is 217 Å². The summed E-state index contributed by atoms with van der Waals surface area (Å²) in [5.74, 6) is 0.335. The van der Waals surface area contributed by atoms with Gasteiger partial charge in [-0.05, 0) is 105 Å². The molecule has 0 N–H and O–H groups in total. The first-order valence-corrected chi connectivity index (χ1v) is 21.9. The van der Waals surface area contributed by atoms with Gasteiger partial charge in [-0.1, -0.05) is 147 Å². The summed E-state index contributed by atoms with van der Waals surface area (Å²) in [5, 5.41) is 5.14. The van der Waals surface area contributed by atoms with Gasteiger partial charge in [0.25, 0.3) is 0 Å². The summed E-state index contributed by atoms with van der Waals surface area (Å²) in [6.07, 6.45) is 9.11. The first-order valence-electron chi connectivity index (χ1n) is 21.1. The third-order valence-electron chi connectivity index (χ3n) is 13.7. The predicted octanol–water partition coefficient (Wildman–Crippen LogP) is 15.5. The molecule has 0 amide bonds. The van der Waals surface area contributed by atoms with E-state index < -0.39 is 0 Å². The molecule has 2 aromatic heterocycles. The van der Waals surface area contributed by atoms with Gasteiger partial charge in [0.05, 0.1) is 17.1 Å². The number of hydrogen-bond acceptors (Lipinski definition) is 2. The molecule has 0 saturated heterocycles. The number of anilines is 2. The predicted molar refractivity (Wildman–Crippen MR) is 255 cm³/mol. The normalized spacial score (nSPS) is 17.1. The zero-order valence-electron chi connectivity index (χ0n) is 33.4. The molecule has 0 bridgehead atoms. The molecule has 0 radical (unpaired) electrons. The van der Waals surface area contributed by atoms with Gasteiger partial charge in [-0.15, -0.1) is 11.3 Å². The fourth-order valence-corrected chi connectivity index (χ4v) is 12.1. The molecule has 60 heavy (non-hydrogen) atoms. The summed E-state index contributed by atoms with van der Waals surface area (Å²) in [7, 11) is 0. The van der Waals surface area contributed by atoms with E-state index in [4.69, 9.17) is 0 Å². The van der Waals surface area contributed by atoms with Crippen LogP contribution in [0.1, 0.15) is 36.5 Å². The Morgan fingerprint density at radius 2 is 1.20 bits per heavy atom. The van der Waals surface area contributed by atoms with Crippen LogP contribution < -0.4 is 4.90 Å². The van der Waals surface area contributed by atoms with Crippen LogP contribution in [0.2, 0.25) is 0 Å². The van der Waals surface area contributed by atoms with E-state index >= 15 is 0 Å². The maximum atomic E-state index is 2.52. The number of aromatic nitrogens is 1. The standard InChI is InChI=1S/C57H40N2S/c1-57(2)49-20-10-6-16-40(49)41-27-25-37(31-50(41)57)46-33-39(34-48-45-19-9-13-23-55(45)60-56(46)48)59-52-22-12-8-18-43(52)47-30-35(26-29-53(47)59)36-24-28-44-42-17-7-11-21-51(42)58(54(44)32-36)38-14-4-3-5-15-38/h3-34,42,51H,1-2H3. The number of nitrogens with zero attached hydrogens (tertiary/aromatic N) is 2. The molecule has 0 spiro atoms. The molecule has 2 nitrogen and oxygen atoms in total. The summed E-state index contributed by atoms with van der Waals surface area (Å²) in [4.78, 5) is 2.52. The summed E-state index contributed by atoms with van der Waals surface area (Å²) in [5.41, 5.74) is 18.0. The largest absolute Gasteiger partial charge is 0.333 e. The second-order valence-corrected chi connectivity index (χ2v) is 18.3. The van der Waals surface area contributed by atoms with Crippen LogP contribution in [-0.4, -0.2) is 10.6 Å². The monoisotopic (exact) mass is 784 g/mol. The lowest BCUT2D eigenvalue weighted by Gasteiger charge is -2.28. The van der Waals surface area contributed by atoms with Crippen molar-refractivity contribution >= 4 is 64.7 Å². The molecule has 13 rings (SSSR count). The second kappa shape index (κ2) is 12.5. The van der Waals surface area contributed by atoms with Crippen LogP contribution in [0.4, 0.5) is 11.4 Å². The van der Waals surface area contributed by atoms with Gasteiger partial charge in [-0.2, -0.15) is 0 Å². The smallest absolute Gasteiger partial charge is 0.0629 e. The number of fused-ring (bicyclic) bond motifs is 12. The van der Waals surface area contributed by atoms with Crippen molar-refractivity contribution in [2.75, 3.05) is 4.90 Å². The van der Waals surface area contributed by atoms with Crippen LogP contribution in [0.5, 0.6) is 0 Å². The van der Waals surface area contributed by atoms with Gasteiger partial charge in [0.2, 0.25) is 0 Å². The molecule has 8 aromatic carbocycles. The van der Waals surface area contributed by atoms with Crippen LogP contribution in [-0.2, 0) is 5.41 Å². The van der Waals surface area contributed by atoms with E-state index in [1.807, 2.05) is 11.3 Å². The number of thiophene rings is 1. The van der Waals surface area contributed by atoms with Crippen molar-refractivity contribution in [1.29, 1.82) is 0 Å². The van der Waals surface area contributed by atoms with Crippen molar-refractivity contribution < 1.29 is 0 Å². The topological polar surface area (TPSA) is 8.17 Å². The van der Waals surface area contributed by atoms with Crippen LogP contribution >= 0.6 is 11.3 Å². The Morgan fingerprint density at radius 3 is 2.12 bits per heavy atom. The van der Waals surface area contributed by atoms with E-state index in [1.54, 1.807) is 0 Å². The highest BCUT2D eigenvalue weighted by atomic mass is 32.1. The molecule has 0 saturated carbocycles. The van der Waals surface area contributed by atoms with Gasteiger partial charge in [0, 0.05) is 64.9 Å². The van der Waals surface area contributed by atoms with E-state index in [1.165, 1.54) is 109 Å². The zero-order chi connectivity index (χ0) is 39.7. The Bertz CT molecular complexity index is 3490. The molecule has 3 heterocycles. The highest BCUT2D eigenvalue weighted by Crippen LogP contribution is 2.52. The molecule has 2 aliphatic carbocycles. The Hall–Kier alpha value is -6.94. The van der Waals surface area contributed by atoms with Crippen molar-refractivity contribution in [2.45, 2.75) is 31.2 Å². The molecule has 2 atom stereocenters. The summed E-state index contributed by atoms with van der Waals surface area (Å²) in [6, 6.07) is 64.2. The van der Waals surface area contributed by atoms with E-state index in [0.29, 0.717) is 5.92 Å². The molecule has 2 unspecified atom stereocenters. The summed E-state index contributed by atoms with van der Waals surface area (Å²) < 4.78 is 5.15. The van der Waals surface area contributed by atoms with Crippen LogP contribution in [0.15, 0.2) is 194 Å². The number of rotatable bonds is 4. The minimum Gasteiger partial charge on any atom is -0.333 e. The van der Waals surface area contributed by atoms with Gasteiger partial charge >= 0.3 is 0 Å². The summed E-state index contributed by atoms with van der Waals surface area (Å²) in [6.45, 7) is 4.75. The molecular weight excluding hydrogens is 745 g/mol. The molecule has 3 aliphatic rings. The van der Waals surface area contributed by atoms with Gasteiger partial charge in [-0.3, -0.25) is 0 Å². The van der Waals surface area contributed by atoms with E-state index in [-0.39, 0.29) is 11.5 Å². The Kier molecular flexibility index (Phi) is 7.10. The molecule has 3 heteroatoms. The highest BCUT2D eigenvalue weighted by Gasteiger charge is 2.38. The van der Waals surface area contributed by atoms with E-state index in [0.717, 1.165) is 0 Å². The fraction of sp³-hybridized carbons (Fsp3) is 0.0877. The van der Waals surface area contributed by atoms with Gasteiger partial charge < -0.3 is 9.47 Å². The number of hydrogen-bond donors (Lipinski definition) is 0. The Labute approximate surface area is 353 Å². The van der Waals surface area contributed by atoms with Crippen LogP contribution in [0.3, 0.4) is 0 Å². The average Bonchev–Trinajstić information content (AvgIpc) is 4.01. The van der Waals surface area contributed by atoms with Crippen LogP contribution in [0, 0.1) is 0 Å². The quantitative estimate of drug-likeness (QED) is 0.173. The average molecular weight is 785 g/mol. The first-order chi connectivity index (χ1) is 29.5. The van der Waals surface area contributed by atoms with Crippen molar-refractivity contribution in [1.82, 2.24) is 4.57 Å². The maximum absolute atomic E-state index is 2.52. The van der Waals surface area contributed by atoms with Crippen molar-refractivity contribution in [2.24, 2.45) is 0 Å². The number of allylic oxidation sites excluding steroid dienone is 2. The Balaban J connectivity index is 0.997. The minimum atomic E-state index is -0.0751. The SMILES string of the molecule is CC1(C)c2ccccc2-c2ccc(-c3cc(-n4c5ccccc5c5cc(-c6ccc7c(c6)N(c6ccccc6)C6C=CC=CC76)ccc54)cc4c3sc3ccccc34)cc21. The molecule has 0 fully saturated rings. The highest BCUT2D eigenvalue weighted by molar-refractivity contribution is 7.26. The molecular formula is C57H40N2S. The van der Waals surface area contributed by atoms with Crippen molar-refractivity contribution in [3.05, 3.63) is 211 Å². The third-order valence-corrected chi connectivity index (χ3v) is 14.9.